The summed E-state index contributed by atoms with van der Waals surface area (Å²) in [5, 5.41) is 11.8. The third kappa shape index (κ3) is 3.69. The Bertz CT molecular complexity index is 1050. The van der Waals surface area contributed by atoms with Gasteiger partial charge in [-0.2, -0.15) is 0 Å². The second-order valence-electron chi connectivity index (χ2n) is 7.18. The number of halogens is 1. The minimum absolute atomic E-state index is 0.294. The fourth-order valence-corrected chi connectivity index (χ4v) is 3.93. The third-order valence-electron chi connectivity index (χ3n) is 5.27. The number of fused-ring (bicyclic) bond motifs is 1. The predicted molar refractivity (Wildman–Crippen MR) is 113 cm³/mol. The number of ketones is 1. The molecule has 0 saturated heterocycles. The highest BCUT2D eigenvalue weighted by Crippen LogP contribution is 2.44. The molecule has 0 saturated carbocycles. The molecule has 0 fully saturated rings. The summed E-state index contributed by atoms with van der Waals surface area (Å²) in [5.41, 5.74) is 0.599. The van der Waals surface area contributed by atoms with Crippen molar-refractivity contribution in [2.75, 3.05) is 11.4 Å². The van der Waals surface area contributed by atoms with E-state index >= 15 is 0 Å². The van der Waals surface area contributed by atoms with Gasteiger partial charge in [-0.05, 0) is 30.2 Å². The van der Waals surface area contributed by atoms with Crippen LogP contribution in [0.5, 0.6) is 0 Å². The van der Waals surface area contributed by atoms with Crippen molar-refractivity contribution in [3.8, 4) is 0 Å². The zero-order valence-corrected chi connectivity index (χ0v) is 16.5. The van der Waals surface area contributed by atoms with Crippen molar-refractivity contribution in [3.05, 3.63) is 101 Å². The highest BCUT2D eigenvalue weighted by Gasteiger charge is 2.50. The van der Waals surface area contributed by atoms with Crippen LogP contribution in [0.25, 0.3) is 0 Å². The first-order valence-electron chi connectivity index (χ1n) is 9.45. The number of anilines is 1. The summed E-state index contributed by atoms with van der Waals surface area (Å²) in [6.45, 7) is 0.402. The van der Waals surface area contributed by atoms with Gasteiger partial charge in [0.05, 0.1) is 12.1 Å². The topological polar surface area (TPSA) is 57.6 Å². The van der Waals surface area contributed by atoms with Crippen LogP contribution in [0.4, 0.5) is 5.69 Å². The molecule has 1 amide bonds. The number of carbonyl (C=O) groups is 2. The van der Waals surface area contributed by atoms with Gasteiger partial charge in [-0.15, -0.1) is 0 Å². The molecule has 0 aromatic heterocycles. The Kier molecular flexibility index (Phi) is 5.22. The second kappa shape index (κ2) is 7.82. The number of nitrogens with zero attached hydrogens (tertiary/aromatic N) is 1. The fourth-order valence-electron chi connectivity index (χ4n) is 3.76. The van der Waals surface area contributed by atoms with Crippen LogP contribution in [0.15, 0.2) is 78.9 Å². The highest BCUT2D eigenvalue weighted by atomic mass is 35.5. The molecule has 1 heterocycles. The number of carbonyl (C=O) groups excluding carboxylic acids is 2. The number of benzene rings is 3. The Balaban J connectivity index is 1.65. The van der Waals surface area contributed by atoms with Gasteiger partial charge in [0.1, 0.15) is 0 Å². The van der Waals surface area contributed by atoms with Crippen molar-refractivity contribution in [2.24, 2.45) is 0 Å². The SMILES string of the molecule is O=C(CC1(O)C(=O)N(CCc2ccccc2)c2ccc(Cl)cc21)c1ccccc1. The van der Waals surface area contributed by atoms with Gasteiger partial charge in [0.15, 0.2) is 11.4 Å². The lowest BCUT2D eigenvalue weighted by Gasteiger charge is -2.23. The average Bonchev–Trinajstić information content (AvgIpc) is 2.94. The molecule has 0 spiro atoms. The third-order valence-corrected chi connectivity index (χ3v) is 5.51. The highest BCUT2D eigenvalue weighted by molar-refractivity contribution is 6.31. The van der Waals surface area contributed by atoms with E-state index < -0.39 is 11.5 Å². The standard InChI is InChI=1S/C24H20ClNO3/c25-19-11-12-21-20(15-19)24(29,16-22(27)18-9-5-2-6-10-18)23(28)26(21)14-13-17-7-3-1-4-8-17/h1-12,15,29H,13-14,16H2. The summed E-state index contributed by atoms with van der Waals surface area (Å²) >= 11 is 6.15. The predicted octanol–water partition coefficient (Wildman–Crippen LogP) is 4.39. The molecule has 1 unspecified atom stereocenters. The lowest BCUT2D eigenvalue weighted by atomic mass is 9.88. The maximum absolute atomic E-state index is 13.3. The first-order valence-corrected chi connectivity index (χ1v) is 9.83. The first kappa shape index (κ1) is 19.4. The van der Waals surface area contributed by atoms with Crippen molar-refractivity contribution in [2.45, 2.75) is 18.4 Å². The maximum atomic E-state index is 13.3. The molecule has 29 heavy (non-hydrogen) atoms. The summed E-state index contributed by atoms with van der Waals surface area (Å²) in [4.78, 5) is 27.6. The number of hydrogen-bond donors (Lipinski definition) is 1. The van der Waals surface area contributed by atoms with Crippen LogP contribution in [0.3, 0.4) is 0 Å². The Hall–Kier alpha value is -2.95. The molecule has 0 radical (unpaired) electrons. The fraction of sp³-hybridized carbons (Fsp3) is 0.167. The summed E-state index contributed by atoms with van der Waals surface area (Å²) in [7, 11) is 0. The molecule has 146 valence electrons. The zero-order chi connectivity index (χ0) is 20.4. The number of Topliss-reactive ketones (excluding diaryl/α,β-unsaturated/α-hetero) is 1. The van der Waals surface area contributed by atoms with Gasteiger partial charge in [-0.25, -0.2) is 0 Å². The molecule has 0 bridgehead atoms. The van der Waals surface area contributed by atoms with Crippen molar-refractivity contribution in [1.82, 2.24) is 0 Å². The van der Waals surface area contributed by atoms with Gasteiger partial charge in [0.25, 0.3) is 5.91 Å². The van der Waals surface area contributed by atoms with Crippen molar-refractivity contribution >= 4 is 29.0 Å². The molecular weight excluding hydrogens is 386 g/mol. The molecule has 1 N–H and O–H groups in total. The van der Waals surface area contributed by atoms with E-state index in [4.69, 9.17) is 11.6 Å². The summed E-state index contributed by atoms with van der Waals surface area (Å²) in [5.74, 6) is -0.785. The Morgan fingerprint density at radius 1 is 0.966 bits per heavy atom. The van der Waals surface area contributed by atoms with Crippen LogP contribution in [-0.4, -0.2) is 23.3 Å². The maximum Gasteiger partial charge on any atom is 0.264 e. The van der Waals surface area contributed by atoms with E-state index in [1.165, 1.54) is 0 Å². The van der Waals surface area contributed by atoms with Crippen molar-refractivity contribution in [3.63, 3.8) is 0 Å². The lowest BCUT2D eigenvalue weighted by Crippen LogP contribution is -2.42. The molecular formula is C24H20ClNO3. The van der Waals surface area contributed by atoms with E-state index in [-0.39, 0.29) is 12.2 Å². The molecule has 1 atom stereocenters. The van der Waals surface area contributed by atoms with Crippen LogP contribution in [0, 0.1) is 0 Å². The van der Waals surface area contributed by atoms with E-state index in [0.717, 1.165) is 5.56 Å². The molecule has 3 aromatic rings. The molecule has 5 heteroatoms. The zero-order valence-electron chi connectivity index (χ0n) is 15.7. The first-order chi connectivity index (χ1) is 14.0. The monoisotopic (exact) mass is 405 g/mol. The summed E-state index contributed by atoms with van der Waals surface area (Å²) in [6.07, 6.45) is 0.308. The van der Waals surface area contributed by atoms with Gasteiger partial charge in [0, 0.05) is 22.7 Å². The van der Waals surface area contributed by atoms with E-state index in [2.05, 4.69) is 0 Å². The van der Waals surface area contributed by atoms with Crippen LogP contribution >= 0.6 is 11.6 Å². The largest absolute Gasteiger partial charge is 0.375 e. The Morgan fingerprint density at radius 2 is 1.62 bits per heavy atom. The number of hydrogen-bond acceptors (Lipinski definition) is 3. The smallest absolute Gasteiger partial charge is 0.264 e. The van der Waals surface area contributed by atoms with E-state index in [9.17, 15) is 14.7 Å². The van der Waals surface area contributed by atoms with Gasteiger partial charge in [-0.3, -0.25) is 9.59 Å². The van der Waals surface area contributed by atoms with Crippen LogP contribution in [0.1, 0.15) is 27.9 Å². The van der Waals surface area contributed by atoms with Gasteiger partial charge in [-0.1, -0.05) is 72.3 Å². The molecule has 3 aromatic carbocycles. The molecule has 4 nitrogen and oxygen atoms in total. The lowest BCUT2D eigenvalue weighted by molar-refractivity contribution is -0.135. The molecule has 0 aliphatic carbocycles. The van der Waals surface area contributed by atoms with Crippen LogP contribution in [0.2, 0.25) is 5.02 Å². The van der Waals surface area contributed by atoms with Crippen molar-refractivity contribution in [1.29, 1.82) is 0 Å². The van der Waals surface area contributed by atoms with Gasteiger partial charge in [0.2, 0.25) is 0 Å². The molecule has 1 aliphatic heterocycles. The molecule has 4 rings (SSSR count). The van der Waals surface area contributed by atoms with Crippen LogP contribution < -0.4 is 4.90 Å². The Labute approximate surface area is 174 Å². The number of amides is 1. The van der Waals surface area contributed by atoms with Crippen LogP contribution in [-0.2, 0) is 16.8 Å². The average molecular weight is 406 g/mol. The number of aliphatic hydroxyl groups is 1. The van der Waals surface area contributed by atoms with Gasteiger partial charge < -0.3 is 10.0 Å². The summed E-state index contributed by atoms with van der Waals surface area (Å²) in [6, 6.07) is 23.5. The van der Waals surface area contributed by atoms with E-state index in [1.807, 2.05) is 36.4 Å². The van der Waals surface area contributed by atoms with Gasteiger partial charge >= 0.3 is 0 Å². The van der Waals surface area contributed by atoms with Crippen molar-refractivity contribution < 1.29 is 14.7 Å². The summed E-state index contributed by atoms with van der Waals surface area (Å²) < 4.78 is 0. The van der Waals surface area contributed by atoms with E-state index in [1.54, 1.807) is 47.4 Å². The normalized spacial score (nSPS) is 18.0. The second-order valence-corrected chi connectivity index (χ2v) is 7.62. The molecule has 1 aliphatic rings. The minimum atomic E-state index is -1.93. The number of rotatable bonds is 6. The van der Waals surface area contributed by atoms with E-state index in [0.29, 0.717) is 34.8 Å². The minimum Gasteiger partial charge on any atom is -0.375 e. The Morgan fingerprint density at radius 3 is 2.31 bits per heavy atom. The quantitative estimate of drug-likeness (QED) is 0.619.